The Labute approximate surface area is 286 Å². The fraction of sp³-hybridized carbons (Fsp3) is 0.432. The second-order valence-electron chi connectivity index (χ2n) is 14.0. The lowest BCUT2D eigenvalue weighted by Crippen LogP contribution is -2.51. The molecule has 0 amide bonds. The summed E-state index contributed by atoms with van der Waals surface area (Å²) < 4.78 is 70.3. The van der Waals surface area contributed by atoms with E-state index in [1.54, 1.807) is 0 Å². The molecule has 4 aromatic rings. The number of hydrogen-bond acceptors (Lipinski definition) is 9. The summed E-state index contributed by atoms with van der Waals surface area (Å²) in [6.45, 7) is 3.36. The monoisotopic (exact) mass is 688 g/mol. The van der Waals surface area contributed by atoms with E-state index in [-0.39, 0.29) is 80.4 Å². The quantitative estimate of drug-likeness (QED) is 0.167. The molecule has 4 fully saturated rings. The first-order valence-corrected chi connectivity index (χ1v) is 16.9. The minimum atomic E-state index is -1.57. The number of aromatic hydroxyl groups is 1. The van der Waals surface area contributed by atoms with Gasteiger partial charge in [0, 0.05) is 61.2 Å². The van der Waals surface area contributed by atoms with E-state index in [1.807, 2.05) is 0 Å². The highest BCUT2D eigenvalue weighted by Crippen LogP contribution is 2.48. The molecule has 3 aliphatic heterocycles. The minimum absolute atomic E-state index is 0.0118. The zero-order chi connectivity index (χ0) is 34.7. The van der Waals surface area contributed by atoms with E-state index in [1.165, 1.54) is 31.4 Å². The van der Waals surface area contributed by atoms with Crippen LogP contribution in [0.4, 0.5) is 23.4 Å². The van der Waals surface area contributed by atoms with Crippen molar-refractivity contribution >= 4 is 27.5 Å². The van der Waals surface area contributed by atoms with Crippen LogP contribution in [0.15, 0.2) is 35.9 Å². The highest BCUT2D eigenvalue weighted by atomic mass is 19.3. The van der Waals surface area contributed by atoms with Gasteiger partial charge < -0.3 is 29.7 Å². The number of fused-ring (bicyclic) bond motifs is 4. The summed E-state index contributed by atoms with van der Waals surface area (Å²) in [4.78, 5) is 18.3. The van der Waals surface area contributed by atoms with Crippen LogP contribution in [0, 0.1) is 29.4 Å². The summed E-state index contributed by atoms with van der Waals surface area (Å²) >= 11 is 0. The van der Waals surface area contributed by atoms with Gasteiger partial charge in [0.2, 0.25) is 5.88 Å². The number of halogens is 4. The highest BCUT2D eigenvalue weighted by molar-refractivity contribution is 6.04. The standard InChI is InChI=1S/C37H36F4N6O3/c1-3-25-27(38)7-4-21-14-24(48)15-26(28(21)25)31-30(39)32-29(35(43-31)49-2)34(47-16-22-5-6-23(17-47)42-22)45-36(44-32)50-19-37(10-11-37)18-46-12-8-20(9-13-46)33(40)41/h1,4,7,14-15,22-23,42,48H,5-6,8-13,16-19H2,2H3/t22-,23+. The maximum Gasteiger partial charge on any atom is 0.319 e. The third-order valence-corrected chi connectivity index (χ3v) is 10.6. The summed E-state index contributed by atoms with van der Waals surface area (Å²) in [5.41, 5.74) is -0.287. The van der Waals surface area contributed by atoms with Crippen LogP contribution in [-0.2, 0) is 0 Å². The highest BCUT2D eigenvalue weighted by Gasteiger charge is 2.45. The largest absolute Gasteiger partial charge is 0.508 e. The molecule has 4 aliphatic rings. The molecule has 9 nitrogen and oxygen atoms in total. The van der Waals surface area contributed by atoms with Crippen molar-refractivity contribution in [2.75, 3.05) is 51.3 Å². The molecule has 0 radical (unpaired) electrons. The molecule has 0 unspecified atom stereocenters. The number of phenols is 1. The summed E-state index contributed by atoms with van der Waals surface area (Å²) in [6, 6.07) is 5.85. The molecular formula is C37H36F4N6O3. The molecule has 1 aliphatic carbocycles. The van der Waals surface area contributed by atoms with Crippen molar-refractivity contribution in [1.82, 2.24) is 25.2 Å². The van der Waals surface area contributed by atoms with E-state index in [0.29, 0.717) is 56.8 Å². The van der Waals surface area contributed by atoms with Crippen molar-refractivity contribution in [1.29, 1.82) is 0 Å². The predicted molar refractivity (Wildman–Crippen MR) is 181 cm³/mol. The number of pyridine rings is 1. The number of benzene rings is 2. The maximum absolute atomic E-state index is 17.1. The van der Waals surface area contributed by atoms with Gasteiger partial charge in [-0.15, -0.1) is 6.42 Å². The van der Waals surface area contributed by atoms with Crippen molar-refractivity contribution < 1.29 is 32.1 Å². The number of terminal acetylenes is 1. The van der Waals surface area contributed by atoms with Crippen LogP contribution < -0.4 is 19.7 Å². The number of nitrogens with one attached hydrogen (secondary N) is 1. The molecule has 2 atom stereocenters. The van der Waals surface area contributed by atoms with Crippen LogP contribution in [0.25, 0.3) is 32.9 Å². The van der Waals surface area contributed by atoms with Crippen LogP contribution in [-0.4, -0.2) is 83.5 Å². The average molecular weight is 689 g/mol. The van der Waals surface area contributed by atoms with Gasteiger partial charge in [-0.25, -0.2) is 13.8 Å². The number of phenolic OH excluding ortho intramolecular Hbond substituents is 1. The van der Waals surface area contributed by atoms with Crippen molar-refractivity contribution in [3.63, 3.8) is 0 Å². The lowest BCUT2D eigenvalue weighted by Gasteiger charge is -2.34. The molecule has 50 heavy (non-hydrogen) atoms. The summed E-state index contributed by atoms with van der Waals surface area (Å²) in [5.74, 6) is 1.18. The zero-order valence-electron chi connectivity index (χ0n) is 27.5. The Hall–Kier alpha value is -4.67. The Morgan fingerprint density at radius 1 is 1.06 bits per heavy atom. The maximum atomic E-state index is 17.1. The number of methoxy groups -OCH3 is 1. The second kappa shape index (κ2) is 12.6. The third kappa shape index (κ3) is 5.84. The van der Waals surface area contributed by atoms with E-state index in [4.69, 9.17) is 20.9 Å². The van der Waals surface area contributed by atoms with Crippen LogP contribution in [0.2, 0.25) is 0 Å². The van der Waals surface area contributed by atoms with Crippen molar-refractivity contribution in [2.24, 2.45) is 5.41 Å². The first-order valence-electron chi connectivity index (χ1n) is 16.9. The van der Waals surface area contributed by atoms with E-state index in [9.17, 15) is 18.3 Å². The van der Waals surface area contributed by atoms with Gasteiger partial charge in [0.05, 0.1) is 19.3 Å². The lowest BCUT2D eigenvalue weighted by molar-refractivity contribution is 0.146. The van der Waals surface area contributed by atoms with Gasteiger partial charge in [-0.1, -0.05) is 12.0 Å². The Kier molecular flexibility index (Phi) is 8.19. The molecule has 2 bridgehead atoms. The van der Waals surface area contributed by atoms with Gasteiger partial charge in [0.15, 0.2) is 5.82 Å². The van der Waals surface area contributed by atoms with Gasteiger partial charge in [-0.3, -0.25) is 0 Å². The van der Waals surface area contributed by atoms with Crippen molar-refractivity contribution in [3.05, 3.63) is 53.1 Å². The van der Waals surface area contributed by atoms with E-state index in [2.05, 4.69) is 31.0 Å². The Balaban J connectivity index is 1.22. The number of piperazine rings is 1. The first-order chi connectivity index (χ1) is 24.1. The van der Waals surface area contributed by atoms with E-state index >= 15 is 4.39 Å². The average Bonchev–Trinajstić information content (AvgIpc) is 3.80. The SMILES string of the molecule is C#Cc1c(F)ccc2cc(O)cc(-c3nc(OC)c4c(N5C[C@H]6CC[C@@H](C5)N6)nc(OCC5(CN6CCC(=C(F)F)CC6)CC5)nc4c3F)c12. The number of piperidine rings is 1. The molecule has 8 rings (SSSR count). The summed E-state index contributed by atoms with van der Waals surface area (Å²) in [5, 5.41) is 15.1. The van der Waals surface area contributed by atoms with Gasteiger partial charge in [0.25, 0.3) is 6.08 Å². The van der Waals surface area contributed by atoms with Crippen LogP contribution >= 0.6 is 0 Å². The predicted octanol–water partition coefficient (Wildman–Crippen LogP) is 6.16. The number of aromatic nitrogens is 3. The molecular weight excluding hydrogens is 652 g/mol. The molecule has 13 heteroatoms. The van der Waals surface area contributed by atoms with Crippen LogP contribution in [0.1, 0.15) is 44.1 Å². The van der Waals surface area contributed by atoms with Gasteiger partial charge in [-0.05, 0) is 67.7 Å². The first kappa shape index (κ1) is 32.5. The normalized spacial score (nSPS) is 21.4. The van der Waals surface area contributed by atoms with E-state index in [0.717, 1.165) is 25.7 Å². The van der Waals surface area contributed by atoms with Crippen molar-refractivity contribution in [2.45, 2.75) is 50.6 Å². The Morgan fingerprint density at radius 2 is 1.80 bits per heavy atom. The molecule has 3 saturated heterocycles. The fourth-order valence-electron chi connectivity index (χ4n) is 7.83. The topological polar surface area (TPSA) is 95.9 Å². The number of anilines is 1. The van der Waals surface area contributed by atoms with Crippen LogP contribution in [0.5, 0.6) is 17.6 Å². The minimum Gasteiger partial charge on any atom is -0.508 e. The fourth-order valence-corrected chi connectivity index (χ4v) is 7.83. The Morgan fingerprint density at radius 3 is 2.46 bits per heavy atom. The number of hydrogen-bond donors (Lipinski definition) is 2. The molecule has 0 spiro atoms. The van der Waals surface area contributed by atoms with Crippen molar-refractivity contribution in [3.8, 4) is 41.2 Å². The Bertz CT molecular complexity index is 2070. The number of nitrogens with zero attached hydrogens (tertiary/aromatic N) is 5. The zero-order valence-corrected chi connectivity index (χ0v) is 27.5. The molecule has 260 valence electrons. The molecule has 2 aromatic carbocycles. The second-order valence-corrected chi connectivity index (χ2v) is 14.0. The third-order valence-electron chi connectivity index (χ3n) is 10.6. The smallest absolute Gasteiger partial charge is 0.319 e. The number of rotatable bonds is 8. The van der Waals surface area contributed by atoms with E-state index < -0.39 is 17.7 Å². The lowest BCUT2D eigenvalue weighted by atomic mass is 9.95. The van der Waals surface area contributed by atoms with Gasteiger partial charge in [0.1, 0.15) is 34.0 Å². The molecule has 1 saturated carbocycles. The van der Waals surface area contributed by atoms with Gasteiger partial charge in [-0.2, -0.15) is 18.7 Å². The summed E-state index contributed by atoms with van der Waals surface area (Å²) in [7, 11) is 1.42. The molecule has 5 heterocycles. The van der Waals surface area contributed by atoms with Crippen LogP contribution in [0.3, 0.4) is 0 Å². The molecule has 2 N–H and O–H groups in total. The summed E-state index contributed by atoms with van der Waals surface area (Å²) in [6.07, 6.45) is 8.67. The molecule has 2 aromatic heterocycles. The van der Waals surface area contributed by atoms with Gasteiger partial charge >= 0.3 is 6.01 Å². The number of likely N-dealkylation sites (tertiary alicyclic amines) is 1. The number of ether oxygens (including phenoxy) is 2.